The number of amides is 1. The molecule has 0 aliphatic carbocycles. The molecule has 1 fully saturated rings. The zero-order valence-corrected chi connectivity index (χ0v) is 11.5. The molecule has 3 nitrogen and oxygen atoms in total. The van der Waals surface area contributed by atoms with E-state index in [0.29, 0.717) is 0 Å². The van der Waals surface area contributed by atoms with Crippen LogP contribution in [-0.2, 0) is 4.79 Å². The minimum atomic E-state index is -0.253. The highest BCUT2D eigenvalue weighted by Crippen LogP contribution is 2.33. The summed E-state index contributed by atoms with van der Waals surface area (Å²) in [7, 11) is 0. The zero-order chi connectivity index (χ0) is 14.0. The number of carbonyl (C=O) groups is 1. The van der Waals surface area contributed by atoms with E-state index in [4.69, 9.17) is 5.73 Å². The number of hydrogen-bond donors (Lipinski definition) is 1. The first kappa shape index (κ1) is 14.0. The van der Waals surface area contributed by atoms with Crippen LogP contribution in [0.15, 0.2) is 24.3 Å². The molecule has 1 aromatic carbocycles. The van der Waals surface area contributed by atoms with Crippen LogP contribution in [0.3, 0.4) is 0 Å². The Hall–Kier alpha value is -1.42. The van der Waals surface area contributed by atoms with Gasteiger partial charge in [-0.1, -0.05) is 19.1 Å². The van der Waals surface area contributed by atoms with Gasteiger partial charge in [-0.2, -0.15) is 0 Å². The van der Waals surface area contributed by atoms with Gasteiger partial charge in [-0.25, -0.2) is 4.39 Å². The number of hydrogen-bond acceptors (Lipinski definition) is 2. The van der Waals surface area contributed by atoms with Gasteiger partial charge >= 0.3 is 0 Å². The van der Waals surface area contributed by atoms with Crippen LogP contribution >= 0.6 is 0 Å². The Morgan fingerprint density at radius 2 is 2.21 bits per heavy atom. The third-order valence-electron chi connectivity index (χ3n) is 3.95. The molecule has 1 aliphatic heterocycles. The van der Waals surface area contributed by atoms with Crippen LogP contribution in [-0.4, -0.2) is 23.4 Å². The standard InChI is InChI=1S/C15H21FN2O/c1-10(11(2)17)15(19)18-8-4-7-14(18)12-5-3-6-13(16)9-12/h3,5-6,9-11,14H,4,7-8,17H2,1-2H3. The summed E-state index contributed by atoms with van der Waals surface area (Å²) in [6.07, 6.45) is 1.85. The van der Waals surface area contributed by atoms with Crippen molar-refractivity contribution in [2.24, 2.45) is 11.7 Å². The minimum Gasteiger partial charge on any atom is -0.335 e. The lowest BCUT2D eigenvalue weighted by atomic mass is 10.00. The second kappa shape index (κ2) is 5.70. The van der Waals surface area contributed by atoms with E-state index in [0.717, 1.165) is 24.9 Å². The van der Waals surface area contributed by atoms with E-state index in [1.165, 1.54) is 12.1 Å². The Bertz CT molecular complexity index is 461. The molecule has 3 atom stereocenters. The molecule has 0 spiro atoms. The van der Waals surface area contributed by atoms with Crippen molar-refractivity contribution in [2.75, 3.05) is 6.54 Å². The quantitative estimate of drug-likeness (QED) is 0.911. The van der Waals surface area contributed by atoms with Gasteiger partial charge in [0, 0.05) is 12.6 Å². The van der Waals surface area contributed by atoms with Crippen molar-refractivity contribution in [3.05, 3.63) is 35.6 Å². The number of halogens is 1. The number of rotatable bonds is 3. The Kier molecular flexibility index (Phi) is 4.20. The van der Waals surface area contributed by atoms with Crippen molar-refractivity contribution >= 4 is 5.91 Å². The molecule has 19 heavy (non-hydrogen) atoms. The van der Waals surface area contributed by atoms with Crippen LogP contribution in [0.4, 0.5) is 4.39 Å². The van der Waals surface area contributed by atoms with Crippen molar-refractivity contribution in [1.82, 2.24) is 4.90 Å². The number of nitrogens with zero attached hydrogens (tertiary/aromatic N) is 1. The molecule has 0 saturated carbocycles. The van der Waals surface area contributed by atoms with Crippen LogP contribution in [0, 0.1) is 11.7 Å². The van der Waals surface area contributed by atoms with Gasteiger partial charge < -0.3 is 10.6 Å². The van der Waals surface area contributed by atoms with Gasteiger partial charge in [0.2, 0.25) is 5.91 Å². The van der Waals surface area contributed by atoms with Crippen LogP contribution in [0.2, 0.25) is 0 Å². The van der Waals surface area contributed by atoms with Gasteiger partial charge in [0.25, 0.3) is 0 Å². The fourth-order valence-electron chi connectivity index (χ4n) is 2.58. The maximum absolute atomic E-state index is 13.3. The summed E-state index contributed by atoms with van der Waals surface area (Å²) in [4.78, 5) is 14.3. The first-order valence-electron chi connectivity index (χ1n) is 6.82. The predicted molar refractivity (Wildman–Crippen MR) is 72.9 cm³/mol. The smallest absolute Gasteiger partial charge is 0.227 e. The SMILES string of the molecule is CC(N)C(C)C(=O)N1CCCC1c1cccc(F)c1. The summed E-state index contributed by atoms with van der Waals surface area (Å²) in [6, 6.07) is 6.35. The summed E-state index contributed by atoms with van der Waals surface area (Å²) in [5, 5.41) is 0. The van der Waals surface area contributed by atoms with E-state index in [2.05, 4.69) is 0 Å². The lowest BCUT2D eigenvalue weighted by molar-refractivity contribution is -0.136. The molecule has 0 aromatic heterocycles. The van der Waals surface area contributed by atoms with E-state index in [1.54, 1.807) is 6.07 Å². The molecule has 2 rings (SSSR count). The van der Waals surface area contributed by atoms with Gasteiger partial charge in [-0.3, -0.25) is 4.79 Å². The molecule has 0 bridgehead atoms. The molecule has 104 valence electrons. The molecule has 1 saturated heterocycles. The molecule has 4 heteroatoms. The van der Waals surface area contributed by atoms with Gasteiger partial charge in [-0.15, -0.1) is 0 Å². The molecule has 3 unspecified atom stereocenters. The molecule has 1 amide bonds. The third-order valence-corrected chi connectivity index (χ3v) is 3.95. The lowest BCUT2D eigenvalue weighted by Gasteiger charge is -2.29. The molecular weight excluding hydrogens is 243 g/mol. The van der Waals surface area contributed by atoms with Crippen LogP contribution in [0.1, 0.15) is 38.3 Å². The average molecular weight is 264 g/mol. The zero-order valence-electron chi connectivity index (χ0n) is 11.5. The largest absolute Gasteiger partial charge is 0.335 e. The van der Waals surface area contributed by atoms with E-state index < -0.39 is 0 Å². The first-order chi connectivity index (χ1) is 9.00. The number of likely N-dealkylation sites (tertiary alicyclic amines) is 1. The van der Waals surface area contributed by atoms with E-state index in [9.17, 15) is 9.18 Å². The first-order valence-corrected chi connectivity index (χ1v) is 6.82. The maximum atomic E-state index is 13.3. The fraction of sp³-hybridized carbons (Fsp3) is 0.533. The second-order valence-electron chi connectivity index (χ2n) is 5.39. The van der Waals surface area contributed by atoms with Gasteiger partial charge in [0.15, 0.2) is 0 Å². The molecule has 1 aromatic rings. The van der Waals surface area contributed by atoms with Gasteiger partial charge in [0.05, 0.1) is 12.0 Å². The summed E-state index contributed by atoms with van der Waals surface area (Å²) < 4.78 is 13.3. The Morgan fingerprint density at radius 1 is 1.47 bits per heavy atom. The molecule has 1 aliphatic rings. The summed E-state index contributed by atoms with van der Waals surface area (Å²) in [5.74, 6) is -0.382. The molecule has 0 radical (unpaired) electrons. The summed E-state index contributed by atoms with van der Waals surface area (Å²) >= 11 is 0. The van der Waals surface area contributed by atoms with Crippen molar-refractivity contribution in [3.63, 3.8) is 0 Å². The monoisotopic (exact) mass is 264 g/mol. The van der Waals surface area contributed by atoms with Crippen LogP contribution in [0.5, 0.6) is 0 Å². The van der Waals surface area contributed by atoms with Crippen molar-refractivity contribution in [2.45, 2.75) is 38.8 Å². The second-order valence-corrected chi connectivity index (χ2v) is 5.39. The Morgan fingerprint density at radius 3 is 2.84 bits per heavy atom. The number of carbonyl (C=O) groups excluding carboxylic acids is 1. The van der Waals surface area contributed by atoms with Crippen molar-refractivity contribution in [3.8, 4) is 0 Å². The number of nitrogens with two attached hydrogens (primary N) is 1. The van der Waals surface area contributed by atoms with E-state index in [1.807, 2.05) is 24.8 Å². The van der Waals surface area contributed by atoms with Crippen LogP contribution in [0.25, 0.3) is 0 Å². The van der Waals surface area contributed by atoms with Gasteiger partial charge in [-0.05, 0) is 37.5 Å². The summed E-state index contributed by atoms with van der Waals surface area (Å²) in [6.45, 7) is 4.43. The fourth-order valence-corrected chi connectivity index (χ4v) is 2.58. The third kappa shape index (κ3) is 2.95. The highest BCUT2D eigenvalue weighted by Gasteiger charge is 2.33. The van der Waals surface area contributed by atoms with E-state index >= 15 is 0 Å². The Balaban J connectivity index is 2.19. The molecule has 1 heterocycles. The van der Waals surface area contributed by atoms with Crippen LogP contribution < -0.4 is 5.73 Å². The maximum Gasteiger partial charge on any atom is 0.227 e. The molecule has 2 N–H and O–H groups in total. The predicted octanol–water partition coefficient (Wildman–Crippen LogP) is 2.47. The lowest BCUT2D eigenvalue weighted by Crippen LogP contribution is -2.41. The van der Waals surface area contributed by atoms with Gasteiger partial charge in [0.1, 0.15) is 5.82 Å². The highest BCUT2D eigenvalue weighted by atomic mass is 19.1. The average Bonchev–Trinajstić information content (AvgIpc) is 2.86. The van der Waals surface area contributed by atoms with E-state index in [-0.39, 0.29) is 29.7 Å². The van der Waals surface area contributed by atoms with Crippen molar-refractivity contribution < 1.29 is 9.18 Å². The minimum absolute atomic E-state index is 0.00981. The topological polar surface area (TPSA) is 46.3 Å². The summed E-state index contributed by atoms with van der Waals surface area (Å²) in [5.41, 5.74) is 6.68. The van der Waals surface area contributed by atoms with Crippen molar-refractivity contribution in [1.29, 1.82) is 0 Å². The Labute approximate surface area is 113 Å². The normalized spacial score (nSPS) is 22.3. The highest BCUT2D eigenvalue weighted by molar-refractivity contribution is 5.80. The number of benzene rings is 1. The molecular formula is C15H21FN2O.